The molecule has 1 saturated heterocycles. The Bertz CT molecular complexity index is 677. The van der Waals surface area contributed by atoms with Crippen LogP contribution < -0.4 is 0 Å². The van der Waals surface area contributed by atoms with E-state index in [9.17, 15) is 20.4 Å². The van der Waals surface area contributed by atoms with Crippen LogP contribution >= 0.6 is 0 Å². The van der Waals surface area contributed by atoms with Gasteiger partial charge >= 0.3 is 0 Å². The van der Waals surface area contributed by atoms with Gasteiger partial charge in [-0.2, -0.15) is 0 Å². The molecule has 8 atom stereocenters. The first kappa shape index (κ1) is 48.2. The fourth-order valence-corrected chi connectivity index (χ4v) is 3.97. The third-order valence-corrected chi connectivity index (χ3v) is 5.97. The highest BCUT2D eigenvalue weighted by molar-refractivity contribution is 4.93. The van der Waals surface area contributed by atoms with Crippen molar-refractivity contribution in [1.29, 1.82) is 0 Å². The Morgan fingerprint density at radius 3 is 1.93 bits per heavy atom. The van der Waals surface area contributed by atoms with Crippen molar-refractivity contribution in [2.24, 2.45) is 11.8 Å². The van der Waals surface area contributed by atoms with Crippen LogP contribution in [0.15, 0.2) is 6.20 Å². The molecule has 1 aliphatic heterocycles. The predicted molar refractivity (Wildman–Crippen MR) is 135 cm³/mol. The third-order valence-electron chi connectivity index (χ3n) is 5.97. The molecule has 17 N–H and O–H groups in total. The normalized spacial score (nSPS) is 26.7. The van der Waals surface area contributed by atoms with E-state index in [4.69, 9.17) is 82.4 Å². The van der Waals surface area contributed by atoms with E-state index >= 15 is 0 Å². The average molecular weight is 652 g/mol. The lowest BCUT2D eigenvalue weighted by molar-refractivity contribution is -0.465. The first-order valence-electron chi connectivity index (χ1n) is 11.9. The molecule has 0 amide bonds. The molecule has 2 heterocycles. The van der Waals surface area contributed by atoms with Gasteiger partial charge in [0.25, 0.3) is 0 Å². The summed E-state index contributed by atoms with van der Waals surface area (Å²) in [5.41, 5.74) is 0.701. The van der Waals surface area contributed by atoms with Crippen LogP contribution in [-0.2, 0) is 32.4 Å². The quantitative estimate of drug-likeness (QED) is 0.0730. The number of rotatable bonds is 11. The lowest BCUT2D eigenvalue weighted by Crippen LogP contribution is -2.59. The maximum absolute atomic E-state index is 9.91. The van der Waals surface area contributed by atoms with Gasteiger partial charge in [-0.25, -0.2) is 10.5 Å². The summed E-state index contributed by atoms with van der Waals surface area (Å²) in [6.07, 6.45) is -2.39. The second-order valence-electron chi connectivity index (χ2n) is 8.12. The summed E-state index contributed by atoms with van der Waals surface area (Å²) in [7, 11) is 0. The van der Waals surface area contributed by atoms with Crippen LogP contribution in [0.2, 0.25) is 0 Å². The molecule has 1 aromatic rings. The maximum Gasteiger partial charge on any atom is 0.186 e. The predicted octanol–water partition coefficient (Wildman–Crippen LogP) is -1.56. The minimum atomic E-state index is -1.45. The van der Waals surface area contributed by atoms with Crippen molar-refractivity contribution in [3.05, 3.63) is 11.9 Å². The molecule has 2 aliphatic rings. The number of hydrogen-bond donors (Lipinski definition) is 17. The van der Waals surface area contributed by atoms with Gasteiger partial charge in [-0.1, -0.05) is 23.6 Å². The lowest BCUT2D eigenvalue weighted by Gasteiger charge is -2.41. The molecule has 43 heavy (non-hydrogen) atoms. The molecule has 24 nitrogen and oxygen atoms in total. The van der Waals surface area contributed by atoms with Crippen molar-refractivity contribution < 1.29 is 108 Å². The first-order valence-corrected chi connectivity index (χ1v) is 11.9. The summed E-state index contributed by atoms with van der Waals surface area (Å²) >= 11 is 0. The Hall–Kier alpha value is -1.70. The largest absolute Gasteiger partial charge is 0.394 e. The molecular formula is C19H45N3O21. The van der Waals surface area contributed by atoms with E-state index in [1.807, 2.05) is 6.20 Å². The van der Waals surface area contributed by atoms with Crippen molar-refractivity contribution in [2.75, 3.05) is 19.8 Å². The maximum atomic E-state index is 9.91. The molecule has 1 saturated carbocycles. The number of nitrogens with zero attached hydrogens (tertiary/aromatic N) is 3. The van der Waals surface area contributed by atoms with Crippen molar-refractivity contribution >= 4 is 0 Å². The van der Waals surface area contributed by atoms with E-state index in [-0.39, 0.29) is 18.6 Å². The summed E-state index contributed by atoms with van der Waals surface area (Å²) in [6, 6.07) is 0. The summed E-state index contributed by atoms with van der Waals surface area (Å²) in [5, 5.41) is 132. The zero-order valence-corrected chi connectivity index (χ0v) is 22.9. The van der Waals surface area contributed by atoms with Gasteiger partial charge in [-0.15, -0.1) is 5.10 Å². The van der Waals surface area contributed by atoms with E-state index < -0.39 is 37.3 Å². The van der Waals surface area contributed by atoms with Crippen molar-refractivity contribution in [1.82, 2.24) is 15.0 Å². The fraction of sp³-hybridized carbons (Fsp3) is 0.895. The van der Waals surface area contributed by atoms with Crippen molar-refractivity contribution in [3.63, 3.8) is 0 Å². The number of ether oxygens (including phenoxy) is 3. The Labute approximate surface area is 243 Å². The van der Waals surface area contributed by atoms with E-state index in [0.29, 0.717) is 37.8 Å². The van der Waals surface area contributed by atoms with Crippen LogP contribution in [0.4, 0.5) is 0 Å². The van der Waals surface area contributed by atoms with Gasteiger partial charge in [0.2, 0.25) is 0 Å². The number of aliphatic hydroxyl groups excluding tert-OH is 5. The Morgan fingerprint density at radius 1 is 0.884 bits per heavy atom. The molecule has 0 radical (unpaired) electrons. The molecular weight excluding hydrogens is 606 g/mol. The molecule has 0 bridgehead atoms. The third kappa shape index (κ3) is 18.7. The van der Waals surface area contributed by atoms with Crippen LogP contribution in [0, 0.1) is 11.8 Å². The molecule has 1 aromatic heterocycles. The van der Waals surface area contributed by atoms with Gasteiger partial charge in [0.1, 0.15) is 30.1 Å². The Balaban J connectivity index is -0.000000514. The average Bonchev–Trinajstić information content (AvgIpc) is 3.52. The van der Waals surface area contributed by atoms with Crippen LogP contribution in [-0.4, -0.2) is 160 Å². The smallest absolute Gasteiger partial charge is 0.186 e. The van der Waals surface area contributed by atoms with E-state index in [1.165, 1.54) is 0 Å². The van der Waals surface area contributed by atoms with Gasteiger partial charge < -0.3 is 39.7 Å². The van der Waals surface area contributed by atoms with Gasteiger partial charge in [-0.05, 0) is 18.8 Å². The van der Waals surface area contributed by atoms with E-state index in [2.05, 4.69) is 22.3 Å². The highest BCUT2D eigenvalue weighted by Crippen LogP contribution is 2.37. The van der Waals surface area contributed by atoms with E-state index in [1.54, 1.807) is 4.68 Å². The molecule has 2 fully saturated rings. The highest BCUT2D eigenvalue weighted by atomic mass is 17.4. The topological polar surface area (TPSA) is 412 Å². The molecule has 24 heteroatoms. The molecule has 3 rings (SSSR count). The summed E-state index contributed by atoms with van der Waals surface area (Å²) < 4.78 is 18.0. The molecule has 262 valence electrons. The summed E-state index contributed by atoms with van der Waals surface area (Å²) in [5.74, 6) is 0.762. The fourth-order valence-electron chi connectivity index (χ4n) is 3.97. The minimum absolute atomic E-state index is 0.202. The van der Waals surface area contributed by atoms with Gasteiger partial charge in [-0.3, -0.25) is 57.3 Å². The molecule has 0 spiro atoms. The minimum Gasteiger partial charge on any atom is -0.394 e. The number of aromatic nitrogens is 3. The summed E-state index contributed by atoms with van der Waals surface area (Å²) in [4.78, 5) is 0. The zero-order chi connectivity index (χ0) is 34.4. The highest BCUT2D eigenvalue weighted by Gasteiger charge is 2.44. The van der Waals surface area contributed by atoms with Gasteiger partial charge in [0.05, 0.1) is 32.1 Å². The van der Waals surface area contributed by atoms with Gasteiger partial charge in [0.15, 0.2) is 6.29 Å². The standard InChI is InChI=1S/C19H33N3O8.H2O3.5H2O2/c1-2-11-6-14(24)13(11)8-22-7-12(20-21-22)10-28-4-3-5-29-19-18(27)17(26)16(25)15(9-23)30-19;1-3-2;5*1-2/h7,11,13-19,23-27H,2-6,8-10H2,1H3;1-2H;5*1-2H. The van der Waals surface area contributed by atoms with Gasteiger partial charge in [0, 0.05) is 19.1 Å². The first-order chi connectivity index (χ1) is 20.9. The van der Waals surface area contributed by atoms with Crippen LogP contribution in [0.5, 0.6) is 0 Å². The van der Waals surface area contributed by atoms with E-state index in [0.717, 1.165) is 12.8 Å². The molecule has 0 aromatic carbocycles. The van der Waals surface area contributed by atoms with Crippen LogP contribution in [0.1, 0.15) is 31.9 Å². The Kier molecular flexibility index (Phi) is 37.2. The van der Waals surface area contributed by atoms with Crippen LogP contribution in [0.25, 0.3) is 0 Å². The monoisotopic (exact) mass is 651 g/mol. The zero-order valence-electron chi connectivity index (χ0n) is 22.9. The summed E-state index contributed by atoms with van der Waals surface area (Å²) in [6.45, 7) is 3.17. The SMILES string of the molecule is CCC1CC(O)C1Cn1cc(COCCCOC2OC(CO)C(O)C(O)C2O)nn1.OO.OO.OO.OO.OO.OOO. The molecule has 1 aliphatic carbocycles. The number of aliphatic hydroxyl groups is 5. The molecule has 8 unspecified atom stereocenters. The number of hydrogen-bond acceptors (Lipinski definition) is 23. The Morgan fingerprint density at radius 2 is 1.44 bits per heavy atom. The second-order valence-corrected chi connectivity index (χ2v) is 8.12. The lowest BCUT2D eigenvalue weighted by atomic mass is 9.69. The van der Waals surface area contributed by atoms with Crippen molar-refractivity contribution in [2.45, 2.75) is 76.1 Å². The van der Waals surface area contributed by atoms with Crippen LogP contribution in [0.3, 0.4) is 0 Å². The second kappa shape index (κ2) is 33.2. The van der Waals surface area contributed by atoms with Crippen molar-refractivity contribution in [3.8, 4) is 0 Å².